The number of nitrogens with zero attached hydrogens (tertiary/aromatic N) is 1. The molecule has 0 radical (unpaired) electrons. The van der Waals surface area contributed by atoms with Gasteiger partial charge in [-0.3, -0.25) is 4.79 Å². The van der Waals surface area contributed by atoms with E-state index in [0.717, 1.165) is 24.9 Å². The van der Waals surface area contributed by atoms with Crippen LogP contribution in [0.2, 0.25) is 0 Å². The second kappa shape index (κ2) is 5.61. The van der Waals surface area contributed by atoms with Crippen LogP contribution in [0, 0.1) is 5.92 Å². The van der Waals surface area contributed by atoms with Gasteiger partial charge in [0.25, 0.3) is 0 Å². The van der Waals surface area contributed by atoms with E-state index in [1.54, 1.807) is 6.92 Å². The van der Waals surface area contributed by atoms with E-state index in [1.165, 1.54) is 11.3 Å². The van der Waals surface area contributed by atoms with Gasteiger partial charge >= 0.3 is 5.97 Å². The number of carboxylic acid groups (broad SMARTS) is 1. The topological polar surface area (TPSA) is 60.8 Å². The highest BCUT2D eigenvalue weighted by Crippen LogP contribution is 2.30. The molecule has 1 heterocycles. The second-order valence-electron chi connectivity index (χ2n) is 5.40. The molecule has 1 aliphatic heterocycles. The molecule has 2 N–H and O–H groups in total. The highest BCUT2D eigenvalue weighted by atomic mass is 16.4. The number of aliphatic hydroxyl groups excluding tert-OH is 1. The number of aryl methyl sites for hydroxylation is 1. The standard InChI is InChI=1S/C15H21NO3/c1-10(15(18)19)8-14(17)12-5-6-13-11(9-12)4-3-7-16(13)2/h5-6,9-10,14,17H,3-4,7-8H2,1-2H3,(H,18,19). The summed E-state index contributed by atoms with van der Waals surface area (Å²) in [4.78, 5) is 13.0. The van der Waals surface area contributed by atoms with Crippen LogP contribution in [0.15, 0.2) is 18.2 Å². The molecule has 1 aromatic carbocycles. The van der Waals surface area contributed by atoms with E-state index in [9.17, 15) is 9.90 Å². The summed E-state index contributed by atoms with van der Waals surface area (Å²) in [6, 6.07) is 5.95. The van der Waals surface area contributed by atoms with Crippen molar-refractivity contribution < 1.29 is 15.0 Å². The summed E-state index contributed by atoms with van der Waals surface area (Å²) in [5, 5.41) is 19.0. The van der Waals surface area contributed by atoms with Gasteiger partial charge in [0.2, 0.25) is 0 Å². The molecule has 0 fully saturated rings. The fourth-order valence-electron chi connectivity index (χ4n) is 2.58. The number of aliphatic hydroxyl groups is 1. The van der Waals surface area contributed by atoms with Crippen molar-refractivity contribution in [1.82, 2.24) is 0 Å². The number of carboxylic acids is 1. The van der Waals surface area contributed by atoms with Crippen molar-refractivity contribution in [3.05, 3.63) is 29.3 Å². The first-order valence-corrected chi connectivity index (χ1v) is 6.74. The highest BCUT2D eigenvalue weighted by molar-refractivity contribution is 5.69. The SMILES string of the molecule is CC(CC(O)c1ccc2c(c1)CCCN2C)C(=O)O. The average Bonchev–Trinajstić information content (AvgIpc) is 2.38. The minimum absolute atomic E-state index is 0.254. The predicted molar refractivity (Wildman–Crippen MR) is 74.4 cm³/mol. The summed E-state index contributed by atoms with van der Waals surface area (Å²) in [6.45, 7) is 2.68. The predicted octanol–water partition coefficient (Wildman–Crippen LogP) is 2.21. The maximum Gasteiger partial charge on any atom is 0.306 e. The fraction of sp³-hybridized carbons (Fsp3) is 0.533. The number of rotatable bonds is 4. The van der Waals surface area contributed by atoms with Gasteiger partial charge in [0, 0.05) is 19.3 Å². The zero-order chi connectivity index (χ0) is 14.0. The minimum atomic E-state index is -0.864. The molecule has 4 nitrogen and oxygen atoms in total. The summed E-state index contributed by atoms with van der Waals surface area (Å²) in [5.74, 6) is -1.40. The van der Waals surface area contributed by atoms with E-state index in [4.69, 9.17) is 5.11 Å². The molecule has 2 rings (SSSR count). The Morgan fingerprint density at radius 1 is 1.47 bits per heavy atom. The van der Waals surface area contributed by atoms with Gasteiger partial charge in [-0.15, -0.1) is 0 Å². The molecule has 19 heavy (non-hydrogen) atoms. The molecule has 0 bridgehead atoms. The van der Waals surface area contributed by atoms with Crippen molar-refractivity contribution in [3.8, 4) is 0 Å². The van der Waals surface area contributed by atoms with Crippen molar-refractivity contribution >= 4 is 11.7 Å². The summed E-state index contributed by atoms with van der Waals surface area (Å²) >= 11 is 0. The largest absolute Gasteiger partial charge is 0.481 e. The van der Waals surface area contributed by atoms with Crippen molar-refractivity contribution in [1.29, 1.82) is 0 Å². The number of benzene rings is 1. The lowest BCUT2D eigenvalue weighted by Gasteiger charge is -2.28. The molecule has 1 aliphatic rings. The molecule has 0 saturated heterocycles. The quantitative estimate of drug-likeness (QED) is 0.874. The summed E-state index contributed by atoms with van der Waals surface area (Å²) < 4.78 is 0. The number of carbonyl (C=O) groups is 1. The second-order valence-corrected chi connectivity index (χ2v) is 5.40. The van der Waals surface area contributed by atoms with Crippen LogP contribution < -0.4 is 4.90 Å². The van der Waals surface area contributed by atoms with E-state index >= 15 is 0 Å². The smallest absolute Gasteiger partial charge is 0.306 e. The maximum atomic E-state index is 10.8. The summed E-state index contributed by atoms with van der Waals surface area (Å²) in [6.07, 6.45) is 1.69. The van der Waals surface area contributed by atoms with E-state index in [-0.39, 0.29) is 6.42 Å². The maximum absolute atomic E-state index is 10.8. The molecule has 0 spiro atoms. The van der Waals surface area contributed by atoms with E-state index in [0.29, 0.717) is 0 Å². The summed E-state index contributed by atoms with van der Waals surface area (Å²) in [5.41, 5.74) is 3.28. The minimum Gasteiger partial charge on any atom is -0.481 e. The number of hydrogen-bond donors (Lipinski definition) is 2. The van der Waals surface area contributed by atoms with E-state index in [1.807, 2.05) is 18.2 Å². The number of fused-ring (bicyclic) bond motifs is 1. The van der Waals surface area contributed by atoms with Crippen molar-refractivity contribution in [3.63, 3.8) is 0 Å². The fourth-order valence-corrected chi connectivity index (χ4v) is 2.58. The Labute approximate surface area is 113 Å². The molecule has 2 atom stereocenters. The third-order valence-corrected chi connectivity index (χ3v) is 3.84. The lowest BCUT2D eigenvalue weighted by Crippen LogP contribution is -2.24. The molecule has 0 saturated carbocycles. The molecule has 104 valence electrons. The number of aliphatic carboxylic acids is 1. The zero-order valence-corrected chi connectivity index (χ0v) is 11.5. The molecular formula is C15H21NO3. The lowest BCUT2D eigenvalue weighted by molar-refractivity contribution is -0.142. The van der Waals surface area contributed by atoms with Gasteiger partial charge in [0.15, 0.2) is 0 Å². The molecule has 0 amide bonds. The van der Waals surface area contributed by atoms with Crippen LogP contribution in [-0.4, -0.2) is 29.8 Å². The Kier molecular flexibility index (Phi) is 4.10. The Balaban J connectivity index is 2.15. The Bertz CT molecular complexity index is 472. The summed E-state index contributed by atoms with van der Waals surface area (Å²) in [7, 11) is 2.07. The molecular weight excluding hydrogens is 242 g/mol. The molecule has 1 aromatic rings. The van der Waals surface area contributed by atoms with Crippen LogP contribution in [0.1, 0.15) is 37.0 Å². The molecule has 0 aromatic heterocycles. The number of anilines is 1. The first kappa shape index (κ1) is 13.9. The van der Waals surface area contributed by atoms with Crippen LogP contribution in [0.4, 0.5) is 5.69 Å². The number of hydrogen-bond acceptors (Lipinski definition) is 3. The Hall–Kier alpha value is -1.55. The monoisotopic (exact) mass is 263 g/mol. The average molecular weight is 263 g/mol. The molecule has 2 unspecified atom stereocenters. The molecule has 0 aliphatic carbocycles. The highest BCUT2D eigenvalue weighted by Gasteiger charge is 2.20. The van der Waals surface area contributed by atoms with Crippen LogP contribution in [0.5, 0.6) is 0 Å². The van der Waals surface area contributed by atoms with Crippen molar-refractivity contribution in [2.24, 2.45) is 5.92 Å². The van der Waals surface area contributed by atoms with Gasteiger partial charge in [0.05, 0.1) is 12.0 Å². The van der Waals surface area contributed by atoms with Crippen molar-refractivity contribution in [2.45, 2.75) is 32.3 Å². The van der Waals surface area contributed by atoms with Gasteiger partial charge in [-0.05, 0) is 36.5 Å². The van der Waals surface area contributed by atoms with Gasteiger partial charge < -0.3 is 15.1 Å². The Morgan fingerprint density at radius 3 is 2.89 bits per heavy atom. The first-order valence-electron chi connectivity index (χ1n) is 6.74. The van der Waals surface area contributed by atoms with Gasteiger partial charge in [-0.1, -0.05) is 19.1 Å². The van der Waals surface area contributed by atoms with Crippen LogP contribution in [0.3, 0.4) is 0 Å². The third kappa shape index (κ3) is 3.07. The first-order chi connectivity index (χ1) is 8.99. The Morgan fingerprint density at radius 2 is 2.21 bits per heavy atom. The van der Waals surface area contributed by atoms with Gasteiger partial charge in [-0.2, -0.15) is 0 Å². The van der Waals surface area contributed by atoms with Crippen molar-refractivity contribution in [2.75, 3.05) is 18.5 Å². The lowest BCUT2D eigenvalue weighted by atomic mass is 9.94. The van der Waals surface area contributed by atoms with Gasteiger partial charge in [0.1, 0.15) is 0 Å². The van der Waals surface area contributed by atoms with Gasteiger partial charge in [-0.25, -0.2) is 0 Å². The van der Waals surface area contributed by atoms with E-state index in [2.05, 4.69) is 11.9 Å². The zero-order valence-electron chi connectivity index (χ0n) is 11.5. The third-order valence-electron chi connectivity index (χ3n) is 3.84. The van der Waals surface area contributed by atoms with Crippen LogP contribution >= 0.6 is 0 Å². The normalized spacial score (nSPS) is 17.7. The molecule has 4 heteroatoms. The van der Waals surface area contributed by atoms with E-state index < -0.39 is 18.0 Å². The van der Waals surface area contributed by atoms with Crippen LogP contribution in [0.25, 0.3) is 0 Å². The van der Waals surface area contributed by atoms with Crippen LogP contribution in [-0.2, 0) is 11.2 Å².